The normalized spacial score (nSPS) is 28.9. The minimum absolute atomic E-state index is 0.105. The van der Waals surface area contributed by atoms with Gasteiger partial charge in [-0.1, -0.05) is 6.42 Å². The van der Waals surface area contributed by atoms with Crippen molar-refractivity contribution in [2.24, 2.45) is 5.92 Å². The molecule has 0 bridgehead atoms. The van der Waals surface area contributed by atoms with Gasteiger partial charge < -0.3 is 20.4 Å². The van der Waals surface area contributed by atoms with Crippen LogP contribution >= 0.6 is 0 Å². The summed E-state index contributed by atoms with van der Waals surface area (Å²) in [4.78, 5) is 23.9. The highest BCUT2D eigenvalue weighted by Gasteiger charge is 2.39. The molecule has 6 nitrogen and oxygen atoms in total. The Balaban J connectivity index is 1.85. The van der Waals surface area contributed by atoms with Crippen molar-refractivity contribution in [3.8, 4) is 0 Å². The number of hydrogen-bond acceptors (Lipinski definition) is 3. The lowest BCUT2D eigenvalue weighted by Gasteiger charge is -2.27. The van der Waals surface area contributed by atoms with E-state index in [4.69, 9.17) is 5.11 Å². The van der Waals surface area contributed by atoms with Crippen LogP contribution in [0.1, 0.15) is 25.7 Å². The molecule has 17 heavy (non-hydrogen) atoms. The quantitative estimate of drug-likeness (QED) is 0.650. The third kappa shape index (κ3) is 2.69. The molecule has 2 atom stereocenters. The van der Waals surface area contributed by atoms with Gasteiger partial charge in [0.25, 0.3) is 0 Å². The van der Waals surface area contributed by atoms with Gasteiger partial charge in [0.1, 0.15) is 6.04 Å². The van der Waals surface area contributed by atoms with Crippen molar-refractivity contribution in [2.45, 2.75) is 37.8 Å². The van der Waals surface area contributed by atoms with E-state index < -0.39 is 18.1 Å². The number of likely N-dealkylation sites (tertiary alicyclic amines) is 1. The maximum Gasteiger partial charge on any atom is 0.326 e. The van der Waals surface area contributed by atoms with Crippen LogP contribution in [0.3, 0.4) is 0 Å². The number of carboxylic acid groups (broad SMARTS) is 1. The zero-order chi connectivity index (χ0) is 12.4. The highest BCUT2D eigenvalue weighted by atomic mass is 16.4. The zero-order valence-corrected chi connectivity index (χ0v) is 9.63. The fraction of sp³-hybridized carbons (Fsp3) is 0.818. The standard InChI is InChI=1S/C11H18N2O4/c14-8-4-9(10(15)16)13(6-8)11(17)12-5-7-2-1-3-7/h7-9,14H,1-6H2,(H,12,17)(H,15,16)/t8-,9-/m0/s1. The lowest BCUT2D eigenvalue weighted by molar-refractivity contribution is -0.141. The molecule has 2 rings (SSSR count). The molecule has 0 spiro atoms. The maximum absolute atomic E-state index is 11.8. The van der Waals surface area contributed by atoms with Crippen molar-refractivity contribution < 1.29 is 19.8 Å². The van der Waals surface area contributed by atoms with Crippen LogP contribution in [-0.2, 0) is 4.79 Å². The Morgan fingerprint density at radius 3 is 2.59 bits per heavy atom. The molecule has 2 amide bonds. The Labute approximate surface area is 99.6 Å². The molecule has 2 aliphatic rings. The number of urea groups is 1. The second-order valence-electron chi connectivity index (χ2n) is 4.88. The van der Waals surface area contributed by atoms with Crippen LogP contribution in [0.5, 0.6) is 0 Å². The van der Waals surface area contributed by atoms with Gasteiger partial charge in [0.15, 0.2) is 0 Å². The summed E-state index contributed by atoms with van der Waals surface area (Å²) in [6.45, 7) is 0.714. The van der Waals surface area contributed by atoms with Crippen LogP contribution in [0, 0.1) is 5.92 Å². The fourth-order valence-corrected chi connectivity index (χ4v) is 2.30. The number of carbonyl (C=O) groups excluding carboxylic acids is 1. The van der Waals surface area contributed by atoms with Gasteiger partial charge in [0.2, 0.25) is 0 Å². The molecule has 6 heteroatoms. The second-order valence-corrected chi connectivity index (χ2v) is 4.88. The molecule has 0 aromatic heterocycles. The molecule has 96 valence electrons. The number of carbonyl (C=O) groups is 2. The summed E-state index contributed by atoms with van der Waals surface area (Å²) in [6.07, 6.45) is 2.86. The van der Waals surface area contributed by atoms with Crippen LogP contribution < -0.4 is 5.32 Å². The lowest BCUT2D eigenvalue weighted by Crippen LogP contribution is -2.47. The van der Waals surface area contributed by atoms with Gasteiger partial charge in [-0.05, 0) is 18.8 Å². The third-order valence-corrected chi connectivity index (χ3v) is 3.59. The number of nitrogens with one attached hydrogen (secondary N) is 1. The number of β-amino-alcohol motifs (C(OH)–C–C–N with tert-alkyl or cyclic N) is 1. The predicted octanol–water partition coefficient (Wildman–Crippen LogP) is 0.0159. The summed E-state index contributed by atoms with van der Waals surface area (Å²) in [6, 6.07) is -1.27. The monoisotopic (exact) mass is 242 g/mol. The molecule has 0 aromatic rings. The van der Waals surface area contributed by atoms with Gasteiger partial charge in [-0.2, -0.15) is 0 Å². The molecule has 1 saturated carbocycles. The molecule has 0 unspecified atom stereocenters. The minimum atomic E-state index is -1.06. The van der Waals surface area contributed by atoms with Crippen LogP contribution in [0.15, 0.2) is 0 Å². The highest BCUT2D eigenvalue weighted by Crippen LogP contribution is 2.25. The van der Waals surface area contributed by atoms with E-state index in [-0.39, 0.29) is 19.0 Å². The number of aliphatic hydroxyl groups excluding tert-OH is 1. The molecule has 1 saturated heterocycles. The molecular formula is C11H18N2O4. The van der Waals surface area contributed by atoms with E-state index in [0.717, 1.165) is 12.8 Å². The first-order valence-electron chi connectivity index (χ1n) is 6.03. The summed E-state index contributed by atoms with van der Waals surface area (Å²) < 4.78 is 0. The Hall–Kier alpha value is -1.30. The first kappa shape index (κ1) is 12.2. The Bertz CT molecular complexity index is 317. The number of carboxylic acids is 1. The van der Waals surface area contributed by atoms with Gasteiger partial charge >= 0.3 is 12.0 Å². The van der Waals surface area contributed by atoms with Crippen LogP contribution in [-0.4, -0.2) is 52.3 Å². The molecule has 1 aliphatic carbocycles. The van der Waals surface area contributed by atoms with Crippen molar-refractivity contribution >= 4 is 12.0 Å². The molecule has 0 aromatic carbocycles. The first-order valence-corrected chi connectivity index (χ1v) is 6.03. The van der Waals surface area contributed by atoms with E-state index in [2.05, 4.69) is 5.32 Å². The molecule has 1 heterocycles. The van der Waals surface area contributed by atoms with Crippen LogP contribution in [0.2, 0.25) is 0 Å². The topological polar surface area (TPSA) is 89.9 Å². The SMILES string of the molecule is O=C(O)[C@@H]1C[C@H](O)CN1C(=O)NCC1CCC1. The number of aliphatic hydroxyl groups is 1. The van der Waals surface area contributed by atoms with E-state index >= 15 is 0 Å². The molecule has 0 radical (unpaired) electrons. The number of rotatable bonds is 3. The van der Waals surface area contributed by atoms with E-state index in [9.17, 15) is 14.7 Å². The smallest absolute Gasteiger partial charge is 0.326 e. The second kappa shape index (κ2) is 4.91. The van der Waals surface area contributed by atoms with E-state index in [1.54, 1.807) is 0 Å². The van der Waals surface area contributed by atoms with Crippen molar-refractivity contribution in [2.75, 3.05) is 13.1 Å². The predicted molar refractivity (Wildman–Crippen MR) is 59.5 cm³/mol. The largest absolute Gasteiger partial charge is 0.480 e. The van der Waals surface area contributed by atoms with Crippen molar-refractivity contribution in [1.82, 2.24) is 10.2 Å². The number of aliphatic carboxylic acids is 1. The summed E-state index contributed by atoms with van der Waals surface area (Å²) in [7, 11) is 0. The maximum atomic E-state index is 11.8. The average Bonchev–Trinajstić information content (AvgIpc) is 2.58. The number of amides is 2. The summed E-state index contributed by atoms with van der Waals surface area (Å²) in [5, 5.41) is 21.1. The fourth-order valence-electron chi connectivity index (χ4n) is 2.30. The van der Waals surface area contributed by atoms with Gasteiger partial charge in [-0.25, -0.2) is 9.59 Å². The first-order chi connectivity index (χ1) is 8.08. The van der Waals surface area contributed by atoms with Crippen molar-refractivity contribution in [1.29, 1.82) is 0 Å². The summed E-state index contributed by atoms with van der Waals surface area (Å²) in [5.41, 5.74) is 0. The molecule has 2 fully saturated rings. The molecule has 1 aliphatic heterocycles. The summed E-state index contributed by atoms with van der Waals surface area (Å²) >= 11 is 0. The Morgan fingerprint density at radius 1 is 1.35 bits per heavy atom. The number of nitrogens with zero attached hydrogens (tertiary/aromatic N) is 1. The van der Waals surface area contributed by atoms with E-state index in [1.165, 1.54) is 11.3 Å². The minimum Gasteiger partial charge on any atom is -0.480 e. The van der Waals surface area contributed by atoms with Crippen molar-refractivity contribution in [3.05, 3.63) is 0 Å². The van der Waals surface area contributed by atoms with Crippen molar-refractivity contribution in [3.63, 3.8) is 0 Å². The number of hydrogen-bond donors (Lipinski definition) is 3. The molecular weight excluding hydrogens is 224 g/mol. The van der Waals surface area contributed by atoms with E-state index in [1.807, 2.05) is 0 Å². The van der Waals surface area contributed by atoms with E-state index in [0.29, 0.717) is 12.5 Å². The average molecular weight is 242 g/mol. The van der Waals surface area contributed by atoms with Gasteiger partial charge in [0.05, 0.1) is 6.10 Å². The van der Waals surface area contributed by atoms with Gasteiger partial charge in [-0.15, -0.1) is 0 Å². The Kier molecular flexibility index (Phi) is 3.51. The molecule has 3 N–H and O–H groups in total. The summed E-state index contributed by atoms with van der Waals surface area (Å²) in [5.74, 6) is -0.518. The van der Waals surface area contributed by atoms with Crippen LogP contribution in [0.4, 0.5) is 4.79 Å². The van der Waals surface area contributed by atoms with Gasteiger partial charge in [0, 0.05) is 19.5 Å². The van der Waals surface area contributed by atoms with Gasteiger partial charge in [-0.3, -0.25) is 0 Å². The van der Waals surface area contributed by atoms with Crippen LogP contribution in [0.25, 0.3) is 0 Å². The lowest BCUT2D eigenvalue weighted by atomic mass is 9.85. The zero-order valence-electron chi connectivity index (χ0n) is 9.63. The Morgan fingerprint density at radius 2 is 2.06 bits per heavy atom. The third-order valence-electron chi connectivity index (χ3n) is 3.59. The highest BCUT2D eigenvalue weighted by molar-refractivity contribution is 5.83.